The van der Waals surface area contributed by atoms with Crippen molar-refractivity contribution < 1.29 is 14.4 Å². The third kappa shape index (κ3) is 2.77. The Morgan fingerprint density at radius 3 is 3.05 bits per heavy atom. The summed E-state index contributed by atoms with van der Waals surface area (Å²) in [6.45, 7) is 0.707. The van der Waals surface area contributed by atoms with E-state index in [0.29, 0.717) is 28.4 Å². The zero-order chi connectivity index (χ0) is 13.2. The molecule has 1 saturated heterocycles. The van der Waals surface area contributed by atoms with Gasteiger partial charge in [-0.05, 0) is 34.1 Å². The number of nitrogens with zero attached hydrogens (tertiary/aromatic N) is 2. The molecule has 2 aromatic rings. The van der Waals surface area contributed by atoms with Crippen molar-refractivity contribution in [3.05, 3.63) is 28.5 Å². The number of hydrogen-bond acceptors (Lipinski definition) is 6. The summed E-state index contributed by atoms with van der Waals surface area (Å²) in [5.41, 5.74) is 0.683. The molecule has 1 aliphatic rings. The monoisotopic (exact) mass is 342 g/mol. The van der Waals surface area contributed by atoms with Crippen LogP contribution < -0.4 is 0 Å². The lowest BCUT2D eigenvalue weighted by atomic mass is 10.2. The van der Waals surface area contributed by atoms with Crippen molar-refractivity contribution in [3.8, 4) is 17.2 Å². The summed E-state index contributed by atoms with van der Waals surface area (Å²) in [5.74, 6) is 2.93. The first-order valence-corrected chi connectivity index (χ1v) is 7.70. The Morgan fingerprint density at radius 2 is 2.32 bits per heavy atom. The number of aromatic nitrogens is 2. The van der Waals surface area contributed by atoms with Gasteiger partial charge in [-0.3, -0.25) is 0 Å². The van der Waals surface area contributed by atoms with Gasteiger partial charge in [0.05, 0.1) is 11.1 Å². The minimum atomic E-state index is -0.111. The lowest BCUT2D eigenvalue weighted by Gasteiger charge is -2.18. The van der Waals surface area contributed by atoms with E-state index in [1.54, 1.807) is 18.2 Å². The normalized spacial score (nSPS) is 19.5. The molecule has 2 heterocycles. The molecule has 1 aromatic carbocycles. The predicted molar refractivity (Wildman–Crippen MR) is 75.1 cm³/mol. The fraction of sp³-hybridized carbons (Fsp3) is 0.333. The number of benzene rings is 1. The molecule has 1 aliphatic heterocycles. The van der Waals surface area contributed by atoms with Gasteiger partial charge >= 0.3 is 0 Å². The predicted octanol–water partition coefficient (Wildman–Crippen LogP) is 3.01. The Hall–Kier alpha value is -1.05. The van der Waals surface area contributed by atoms with Crippen LogP contribution in [0.2, 0.25) is 0 Å². The molecule has 1 aromatic heterocycles. The van der Waals surface area contributed by atoms with Crippen LogP contribution in [-0.2, 0) is 4.74 Å². The summed E-state index contributed by atoms with van der Waals surface area (Å²) in [5, 5.41) is 13.6. The number of aromatic hydroxyl groups is 1. The lowest BCUT2D eigenvalue weighted by molar-refractivity contribution is 0.0677. The molecule has 1 N–H and O–H groups in total. The molecule has 0 amide bonds. The van der Waals surface area contributed by atoms with Gasteiger partial charge in [0.1, 0.15) is 11.9 Å². The SMILES string of the molecule is Oc1cc(-c2nc(C3CSCCO3)no2)ccc1Br. The summed E-state index contributed by atoms with van der Waals surface area (Å²) >= 11 is 5.04. The highest BCUT2D eigenvalue weighted by atomic mass is 79.9. The van der Waals surface area contributed by atoms with Crippen LogP contribution in [0.4, 0.5) is 0 Å². The lowest BCUT2D eigenvalue weighted by Crippen LogP contribution is -2.16. The third-order valence-corrected chi connectivity index (χ3v) is 4.40. The van der Waals surface area contributed by atoms with E-state index in [1.165, 1.54) is 0 Å². The van der Waals surface area contributed by atoms with Crippen molar-refractivity contribution in [2.24, 2.45) is 0 Å². The van der Waals surface area contributed by atoms with Crippen LogP contribution >= 0.6 is 27.7 Å². The summed E-state index contributed by atoms with van der Waals surface area (Å²) < 4.78 is 11.4. The second-order valence-electron chi connectivity index (χ2n) is 4.06. The van der Waals surface area contributed by atoms with Gasteiger partial charge in [0.15, 0.2) is 0 Å². The van der Waals surface area contributed by atoms with Gasteiger partial charge in [-0.25, -0.2) is 0 Å². The first kappa shape index (κ1) is 13.0. The molecular weight excluding hydrogens is 332 g/mol. The van der Waals surface area contributed by atoms with Crippen molar-refractivity contribution in [1.82, 2.24) is 10.1 Å². The molecule has 0 saturated carbocycles. The highest BCUT2D eigenvalue weighted by Crippen LogP contribution is 2.30. The van der Waals surface area contributed by atoms with E-state index >= 15 is 0 Å². The van der Waals surface area contributed by atoms with Gasteiger partial charge in [-0.2, -0.15) is 16.7 Å². The molecule has 1 fully saturated rings. The quantitative estimate of drug-likeness (QED) is 0.904. The van der Waals surface area contributed by atoms with E-state index < -0.39 is 0 Å². The van der Waals surface area contributed by atoms with Crippen molar-refractivity contribution in [1.29, 1.82) is 0 Å². The molecule has 0 aliphatic carbocycles. The van der Waals surface area contributed by atoms with Gasteiger partial charge in [-0.1, -0.05) is 5.16 Å². The fourth-order valence-corrected chi connectivity index (χ4v) is 2.85. The van der Waals surface area contributed by atoms with E-state index in [4.69, 9.17) is 9.26 Å². The van der Waals surface area contributed by atoms with E-state index in [9.17, 15) is 5.11 Å². The van der Waals surface area contributed by atoms with Crippen LogP contribution in [-0.4, -0.2) is 33.4 Å². The molecule has 19 heavy (non-hydrogen) atoms. The first-order chi connectivity index (χ1) is 9.24. The van der Waals surface area contributed by atoms with Crippen LogP contribution in [0.3, 0.4) is 0 Å². The highest BCUT2D eigenvalue weighted by Gasteiger charge is 2.22. The molecule has 1 unspecified atom stereocenters. The molecule has 7 heteroatoms. The third-order valence-electron chi connectivity index (χ3n) is 2.74. The average Bonchev–Trinajstić information content (AvgIpc) is 2.93. The van der Waals surface area contributed by atoms with E-state index in [0.717, 1.165) is 11.5 Å². The maximum absolute atomic E-state index is 9.65. The second kappa shape index (κ2) is 5.52. The molecular formula is C12H11BrN2O3S. The first-order valence-electron chi connectivity index (χ1n) is 5.76. The minimum Gasteiger partial charge on any atom is -0.507 e. The Bertz CT molecular complexity index is 584. The number of thioether (sulfide) groups is 1. The summed E-state index contributed by atoms with van der Waals surface area (Å²) in [4.78, 5) is 4.33. The van der Waals surface area contributed by atoms with Crippen molar-refractivity contribution >= 4 is 27.7 Å². The average molecular weight is 343 g/mol. The maximum Gasteiger partial charge on any atom is 0.258 e. The van der Waals surface area contributed by atoms with E-state index in [2.05, 4.69) is 26.1 Å². The standard InChI is InChI=1S/C12H11BrN2O3S/c13-8-2-1-7(5-9(8)16)12-14-11(15-18-12)10-6-19-4-3-17-10/h1-2,5,10,16H,3-4,6H2. The number of phenols is 1. The zero-order valence-electron chi connectivity index (χ0n) is 9.88. The summed E-state index contributed by atoms with van der Waals surface area (Å²) in [7, 11) is 0. The minimum absolute atomic E-state index is 0.111. The molecule has 1 atom stereocenters. The van der Waals surface area contributed by atoms with Crippen LogP contribution in [0.25, 0.3) is 11.5 Å². The Balaban J connectivity index is 1.85. The summed E-state index contributed by atoms with van der Waals surface area (Å²) in [6.07, 6.45) is -0.111. The van der Waals surface area contributed by atoms with Gasteiger partial charge < -0.3 is 14.4 Å². The van der Waals surface area contributed by atoms with Gasteiger partial charge in [0, 0.05) is 17.1 Å². The van der Waals surface area contributed by atoms with Gasteiger partial charge in [0.25, 0.3) is 5.89 Å². The topological polar surface area (TPSA) is 68.4 Å². The summed E-state index contributed by atoms with van der Waals surface area (Å²) in [6, 6.07) is 5.12. The molecule has 0 radical (unpaired) electrons. The smallest absolute Gasteiger partial charge is 0.258 e. The number of ether oxygens (including phenoxy) is 1. The van der Waals surface area contributed by atoms with Gasteiger partial charge in [0.2, 0.25) is 5.82 Å². The van der Waals surface area contributed by atoms with E-state index in [-0.39, 0.29) is 11.9 Å². The number of hydrogen-bond donors (Lipinski definition) is 1. The van der Waals surface area contributed by atoms with Crippen LogP contribution in [0, 0.1) is 0 Å². The highest BCUT2D eigenvalue weighted by molar-refractivity contribution is 9.10. The van der Waals surface area contributed by atoms with Crippen LogP contribution in [0.1, 0.15) is 11.9 Å². The van der Waals surface area contributed by atoms with Crippen LogP contribution in [0.15, 0.2) is 27.2 Å². The van der Waals surface area contributed by atoms with Crippen molar-refractivity contribution in [2.45, 2.75) is 6.10 Å². The largest absolute Gasteiger partial charge is 0.507 e. The van der Waals surface area contributed by atoms with Gasteiger partial charge in [-0.15, -0.1) is 0 Å². The number of halogens is 1. The fourth-order valence-electron chi connectivity index (χ4n) is 1.77. The molecule has 100 valence electrons. The Kier molecular flexibility index (Phi) is 3.76. The maximum atomic E-state index is 9.65. The molecule has 5 nitrogen and oxygen atoms in total. The Labute approximate surface area is 122 Å². The molecule has 0 bridgehead atoms. The van der Waals surface area contributed by atoms with Crippen LogP contribution in [0.5, 0.6) is 5.75 Å². The Morgan fingerprint density at radius 1 is 1.42 bits per heavy atom. The second-order valence-corrected chi connectivity index (χ2v) is 6.06. The number of phenolic OH excluding ortho intramolecular Hbond substituents is 1. The molecule has 3 rings (SSSR count). The molecule has 0 spiro atoms. The zero-order valence-corrected chi connectivity index (χ0v) is 12.3. The number of rotatable bonds is 2. The van der Waals surface area contributed by atoms with Crippen molar-refractivity contribution in [2.75, 3.05) is 18.1 Å². The van der Waals surface area contributed by atoms with Crippen molar-refractivity contribution in [3.63, 3.8) is 0 Å². The van der Waals surface area contributed by atoms with E-state index in [1.807, 2.05) is 11.8 Å².